The van der Waals surface area contributed by atoms with Gasteiger partial charge in [0.15, 0.2) is 0 Å². The summed E-state index contributed by atoms with van der Waals surface area (Å²) in [5.74, 6) is 0. The molecular formula is C17H24N4O5S. The molecule has 1 aromatic carbocycles. The summed E-state index contributed by atoms with van der Waals surface area (Å²) < 4.78 is 5.36. The van der Waals surface area contributed by atoms with Crippen LogP contribution in [0.15, 0.2) is 18.2 Å². The lowest BCUT2D eigenvalue weighted by atomic mass is 10.1. The fourth-order valence-corrected chi connectivity index (χ4v) is 2.80. The number of piperazine rings is 1. The Morgan fingerprint density at radius 1 is 1.44 bits per heavy atom. The van der Waals surface area contributed by atoms with Crippen molar-refractivity contribution in [2.45, 2.75) is 32.4 Å². The van der Waals surface area contributed by atoms with Crippen LogP contribution in [0.25, 0.3) is 0 Å². The van der Waals surface area contributed by atoms with E-state index in [0.29, 0.717) is 18.8 Å². The lowest BCUT2D eigenvalue weighted by Crippen LogP contribution is -2.57. The third-order valence-electron chi connectivity index (χ3n) is 3.97. The zero-order valence-electron chi connectivity index (χ0n) is 15.5. The Kier molecular flexibility index (Phi) is 7.45. The second kappa shape index (κ2) is 8.92. The van der Waals surface area contributed by atoms with Gasteiger partial charge < -0.3 is 19.6 Å². The average molecular weight is 396 g/mol. The fourth-order valence-electron chi connectivity index (χ4n) is 2.80. The van der Waals surface area contributed by atoms with Gasteiger partial charge in [-0.25, -0.2) is 4.79 Å². The lowest BCUT2D eigenvalue weighted by Gasteiger charge is -2.42. The van der Waals surface area contributed by atoms with Gasteiger partial charge in [-0.1, -0.05) is 0 Å². The highest BCUT2D eigenvalue weighted by Gasteiger charge is 2.33. The standard InChI is InChI=1S/C17H22N4O5.H2S/c1-17(2,3)26-16(23)19-6-7-20(14(10-19)11-22)15-5-4-13(21(24)25)8-12(15)9-18;/h4-5,8,14,22H,6-7,10-11H2,1-3H3;1H2/t14-;/m0./s1. The molecule has 148 valence electrons. The molecule has 1 N–H and O–H groups in total. The van der Waals surface area contributed by atoms with Gasteiger partial charge in [0.1, 0.15) is 11.7 Å². The predicted molar refractivity (Wildman–Crippen MR) is 104 cm³/mol. The van der Waals surface area contributed by atoms with Gasteiger partial charge in [0.05, 0.1) is 28.8 Å². The minimum atomic E-state index is -0.616. The number of carbonyl (C=O) groups excluding carboxylic acids is 1. The monoisotopic (exact) mass is 396 g/mol. The Morgan fingerprint density at radius 3 is 2.63 bits per heavy atom. The minimum absolute atomic E-state index is 0. The number of aliphatic hydroxyl groups is 1. The molecule has 27 heavy (non-hydrogen) atoms. The number of nitro benzene ring substituents is 1. The molecule has 0 spiro atoms. The van der Waals surface area contributed by atoms with Gasteiger partial charge in [-0.3, -0.25) is 10.1 Å². The molecule has 1 aliphatic heterocycles. The Hall–Kier alpha value is -2.51. The number of hydrogen-bond donors (Lipinski definition) is 1. The van der Waals surface area contributed by atoms with Gasteiger partial charge in [0.25, 0.3) is 5.69 Å². The minimum Gasteiger partial charge on any atom is -0.444 e. The summed E-state index contributed by atoms with van der Waals surface area (Å²) in [7, 11) is 0. The number of benzene rings is 1. The van der Waals surface area contributed by atoms with Crippen molar-refractivity contribution in [3.63, 3.8) is 0 Å². The van der Waals surface area contributed by atoms with Crippen LogP contribution in [0.3, 0.4) is 0 Å². The highest BCUT2D eigenvalue weighted by molar-refractivity contribution is 7.59. The molecule has 0 unspecified atom stereocenters. The number of anilines is 1. The van der Waals surface area contributed by atoms with Crippen molar-refractivity contribution in [1.29, 1.82) is 5.26 Å². The van der Waals surface area contributed by atoms with Crippen LogP contribution in [-0.4, -0.2) is 58.9 Å². The number of aliphatic hydroxyl groups excluding tert-OH is 1. The van der Waals surface area contributed by atoms with E-state index in [1.165, 1.54) is 23.1 Å². The summed E-state index contributed by atoms with van der Waals surface area (Å²) >= 11 is 0. The number of rotatable bonds is 3. The highest BCUT2D eigenvalue weighted by Crippen LogP contribution is 2.28. The maximum atomic E-state index is 12.2. The molecule has 1 fully saturated rings. The Labute approximate surface area is 164 Å². The van der Waals surface area contributed by atoms with E-state index in [1.807, 2.05) is 6.07 Å². The van der Waals surface area contributed by atoms with Gasteiger partial charge in [-0.15, -0.1) is 0 Å². The molecule has 1 aromatic rings. The Bertz CT molecular complexity index is 744. The van der Waals surface area contributed by atoms with Crippen molar-refractivity contribution in [1.82, 2.24) is 4.90 Å². The van der Waals surface area contributed by atoms with Gasteiger partial charge in [0.2, 0.25) is 0 Å². The van der Waals surface area contributed by atoms with E-state index in [-0.39, 0.29) is 37.9 Å². The van der Waals surface area contributed by atoms with E-state index in [4.69, 9.17) is 4.74 Å². The van der Waals surface area contributed by atoms with Crippen LogP contribution >= 0.6 is 13.5 Å². The summed E-state index contributed by atoms with van der Waals surface area (Å²) in [6.45, 7) is 6.06. The normalized spacial score (nSPS) is 16.9. The molecule has 2 rings (SSSR count). The van der Waals surface area contributed by atoms with Crippen molar-refractivity contribution >= 4 is 31.0 Å². The van der Waals surface area contributed by atoms with Crippen LogP contribution in [0.4, 0.5) is 16.2 Å². The SMILES string of the molecule is CC(C)(C)OC(=O)N1CCN(c2ccc([N+](=O)[O-])cc2C#N)[C@H](CO)C1.S. The van der Waals surface area contributed by atoms with E-state index in [2.05, 4.69) is 0 Å². The summed E-state index contributed by atoms with van der Waals surface area (Å²) in [5.41, 5.74) is -0.127. The van der Waals surface area contributed by atoms with Crippen LogP contribution in [-0.2, 0) is 4.74 Å². The Morgan fingerprint density at radius 2 is 2.11 bits per heavy atom. The van der Waals surface area contributed by atoms with Crippen molar-refractivity contribution in [2.75, 3.05) is 31.1 Å². The molecule has 10 heteroatoms. The topological polar surface area (TPSA) is 120 Å². The third kappa shape index (κ3) is 5.48. The number of ether oxygens (including phenoxy) is 1. The number of hydrogen-bond acceptors (Lipinski definition) is 7. The van der Waals surface area contributed by atoms with Crippen molar-refractivity contribution in [3.8, 4) is 6.07 Å². The molecule has 0 aliphatic carbocycles. The number of nitrogens with zero attached hydrogens (tertiary/aromatic N) is 4. The molecule has 1 heterocycles. The number of amides is 1. The summed E-state index contributed by atoms with van der Waals surface area (Å²) in [6.07, 6.45) is -0.459. The van der Waals surface area contributed by atoms with E-state index in [9.17, 15) is 25.3 Å². The van der Waals surface area contributed by atoms with E-state index in [1.54, 1.807) is 25.7 Å². The van der Waals surface area contributed by atoms with Gasteiger partial charge in [-0.2, -0.15) is 18.8 Å². The van der Waals surface area contributed by atoms with Crippen molar-refractivity contribution in [2.24, 2.45) is 0 Å². The Balaban J connectivity index is 0.00000364. The highest BCUT2D eigenvalue weighted by atomic mass is 32.1. The zero-order valence-corrected chi connectivity index (χ0v) is 16.5. The first-order valence-electron chi connectivity index (χ1n) is 8.20. The predicted octanol–water partition coefficient (Wildman–Crippen LogP) is 2.00. The van der Waals surface area contributed by atoms with Crippen LogP contribution in [0.1, 0.15) is 26.3 Å². The molecule has 1 saturated heterocycles. The van der Waals surface area contributed by atoms with Gasteiger partial charge >= 0.3 is 6.09 Å². The first-order chi connectivity index (χ1) is 12.2. The molecule has 1 amide bonds. The maximum absolute atomic E-state index is 12.2. The first kappa shape index (κ1) is 22.5. The summed E-state index contributed by atoms with van der Waals surface area (Å²) in [5, 5.41) is 30.0. The third-order valence-corrected chi connectivity index (χ3v) is 3.97. The average Bonchev–Trinajstić information content (AvgIpc) is 2.59. The van der Waals surface area contributed by atoms with Crippen LogP contribution in [0.2, 0.25) is 0 Å². The van der Waals surface area contributed by atoms with E-state index >= 15 is 0 Å². The smallest absolute Gasteiger partial charge is 0.410 e. The summed E-state index contributed by atoms with van der Waals surface area (Å²) in [4.78, 5) is 25.9. The lowest BCUT2D eigenvalue weighted by molar-refractivity contribution is -0.384. The second-order valence-corrected chi connectivity index (χ2v) is 7.03. The molecule has 1 aliphatic rings. The first-order valence-corrected chi connectivity index (χ1v) is 8.20. The number of nitro groups is 1. The van der Waals surface area contributed by atoms with E-state index in [0.717, 1.165) is 0 Å². The molecule has 1 atom stereocenters. The summed E-state index contributed by atoms with van der Waals surface area (Å²) in [6, 6.07) is 5.56. The van der Waals surface area contributed by atoms with Gasteiger partial charge in [0, 0.05) is 31.8 Å². The zero-order chi connectivity index (χ0) is 19.5. The van der Waals surface area contributed by atoms with E-state index < -0.39 is 22.7 Å². The molecule has 0 bridgehead atoms. The van der Waals surface area contributed by atoms with Crippen molar-refractivity contribution < 1.29 is 19.6 Å². The molecule has 0 saturated carbocycles. The second-order valence-electron chi connectivity index (χ2n) is 7.03. The number of carbonyl (C=O) groups is 1. The van der Waals surface area contributed by atoms with Crippen LogP contribution < -0.4 is 4.90 Å². The maximum Gasteiger partial charge on any atom is 0.410 e. The molecule has 0 radical (unpaired) electrons. The number of nitriles is 1. The van der Waals surface area contributed by atoms with Crippen molar-refractivity contribution in [3.05, 3.63) is 33.9 Å². The fraction of sp³-hybridized carbons (Fsp3) is 0.529. The van der Waals surface area contributed by atoms with Crippen LogP contribution in [0.5, 0.6) is 0 Å². The largest absolute Gasteiger partial charge is 0.444 e. The molecule has 0 aromatic heterocycles. The quantitative estimate of drug-likeness (QED) is 0.613. The number of non-ortho nitro benzene ring substituents is 1. The van der Waals surface area contributed by atoms with Crippen LogP contribution in [0, 0.1) is 21.4 Å². The van der Waals surface area contributed by atoms with Gasteiger partial charge in [-0.05, 0) is 26.8 Å². The molecule has 9 nitrogen and oxygen atoms in total. The molecular weight excluding hydrogens is 372 g/mol.